The van der Waals surface area contributed by atoms with Crippen molar-refractivity contribution in [1.82, 2.24) is 4.98 Å². The molecule has 0 aliphatic heterocycles. The molecule has 0 fully saturated rings. The smallest absolute Gasteiger partial charge is 0.221 e. The van der Waals surface area contributed by atoms with Gasteiger partial charge in [-0.2, -0.15) is 0 Å². The number of carbonyl (C=O) groups is 1. The lowest BCUT2D eigenvalue weighted by Gasteiger charge is -2.09. The zero-order valence-electron chi connectivity index (χ0n) is 10.7. The molecule has 0 spiro atoms. The van der Waals surface area contributed by atoms with Gasteiger partial charge in [-0.1, -0.05) is 6.07 Å². The number of nitrogens with zero attached hydrogens (tertiary/aromatic N) is 1. The molecule has 3 heteroatoms. The Morgan fingerprint density at radius 2 is 2.06 bits per heavy atom. The highest BCUT2D eigenvalue weighted by Crippen LogP contribution is 2.29. The Bertz CT molecular complexity index is 591. The Hall–Kier alpha value is -2.16. The highest BCUT2D eigenvalue weighted by molar-refractivity contribution is 5.95. The van der Waals surface area contributed by atoms with E-state index in [2.05, 4.69) is 4.98 Å². The standard InChI is InChI=1S/C15H15NO2/c1-10-7-12(11(2)17)9-13(8-10)14-5-4-6-16-15(14)18-3/h4-9H,1-3H3. The van der Waals surface area contributed by atoms with Crippen molar-refractivity contribution in [3.63, 3.8) is 0 Å². The van der Waals surface area contributed by atoms with E-state index in [9.17, 15) is 4.79 Å². The van der Waals surface area contributed by atoms with Gasteiger partial charge in [0.2, 0.25) is 5.88 Å². The van der Waals surface area contributed by atoms with Crippen molar-refractivity contribution in [1.29, 1.82) is 0 Å². The van der Waals surface area contributed by atoms with E-state index in [0.717, 1.165) is 16.7 Å². The molecule has 1 aromatic carbocycles. The zero-order valence-corrected chi connectivity index (χ0v) is 10.7. The molecule has 1 heterocycles. The Kier molecular flexibility index (Phi) is 3.42. The van der Waals surface area contributed by atoms with Crippen LogP contribution >= 0.6 is 0 Å². The molecule has 0 aliphatic rings. The molecule has 0 saturated heterocycles. The van der Waals surface area contributed by atoms with Crippen LogP contribution in [-0.2, 0) is 0 Å². The van der Waals surface area contributed by atoms with E-state index in [0.29, 0.717) is 11.4 Å². The second-order valence-corrected chi connectivity index (χ2v) is 4.20. The zero-order chi connectivity index (χ0) is 13.1. The van der Waals surface area contributed by atoms with Crippen LogP contribution in [0.15, 0.2) is 36.5 Å². The Labute approximate surface area is 106 Å². The second-order valence-electron chi connectivity index (χ2n) is 4.20. The van der Waals surface area contributed by atoms with Crippen LogP contribution in [0.4, 0.5) is 0 Å². The number of aromatic nitrogens is 1. The van der Waals surface area contributed by atoms with E-state index in [1.807, 2.05) is 37.3 Å². The first-order chi connectivity index (χ1) is 8.61. The lowest BCUT2D eigenvalue weighted by Crippen LogP contribution is -1.96. The van der Waals surface area contributed by atoms with Crippen LogP contribution in [0.5, 0.6) is 5.88 Å². The fraction of sp³-hybridized carbons (Fsp3) is 0.200. The normalized spacial score (nSPS) is 10.2. The van der Waals surface area contributed by atoms with Crippen molar-refractivity contribution < 1.29 is 9.53 Å². The van der Waals surface area contributed by atoms with Gasteiger partial charge in [0.1, 0.15) is 0 Å². The van der Waals surface area contributed by atoms with Crippen LogP contribution in [0.3, 0.4) is 0 Å². The minimum absolute atomic E-state index is 0.0582. The van der Waals surface area contributed by atoms with Gasteiger partial charge in [0, 0.05) is 17.3 Å². The van der Waals surface area contributed by atoms with Gasteiger partial charge in [0.05, 0.1) is 7.11 Å². The van der Waals surface area contributed by atoms with Crippen LogP contribution in [0.2, 0.25) is 0 Å². The number of Topliss-reactive ketones (excluding diaryl/α,β-unsaturated/α-hetero) is 1. The van der Waals surface area contributed by atoms with Gasteiger partial charge >= 0.3 is 0 Å². The van der Waals surface area contributed by atoms with Crippen molar-refractivity contribution in [2.45, 2.75) is 13.8 Å². The van der Waals surface area contributed by atoms with Crippen molar-refractivity contribution in [2.24, 2.45) is 0 Å². The Balaban J connectivity index is 2.60. The maximum absolute atomic E-state index is 11.5. The fourth-order valence-corrected chi connectivity index (χ4v) is 1.92. The SMILES string of the molecule is COc1ncccc1-c1cc(C)cc(C(C)=O)c1. The molecule has 1 aromatic heterocycles. The number of hydrogen-bond donors (Lipinski definition) is 0. The summed E-state index contributed by atoms with van der Waals surface area (Å²) in [4.78, 5) is 15.7. The lowest BCUT2D eigenvalue weighted by atomic mass is 9.99. The minimum Gasteiger partial charge on any atom is -0.481 e. The van der Waals surface area contributed by atoms with Gasteiger partial charge in [0.25, 0.3) is 0 Å². The van der Waals surface area contributed by atoms with Crippen LogP contribution in [0, 0.1) is 6.92 Å². The topological polar surface area (TPSA) is 39.2 Å². The van der Waals surface area contributed by atoms with Crippen LogP contribution in [0.25, 0.3) is 11.1 Å². The number of carbonyl (C=O) groups excluding carboxylic acids is 1. The van der Waals surface area contributed by atoms with Gasteiger partial charge in [-0.05, 0) is 49.2 Å². The van der Waals surface area contributed by atoms with Crippen molar-refractivity contribution in [3.05, 3.63) is 47.7 Å². The number of benzene rings is 1. The Morgan fingerprint density at radius 1 is 1.28 bits per heavy atom. The molecule has 92 valence electrons. The average molecular weight is 241 g/mol. The molecule has 2 rings (SSSR count). The van der Waals surface area contributed by atoms with Crippen LogP contribution in [0.1, 0.15) is 22.8 Å². The fourth-order valence-electron chi connectivity index (χ4n) is 1.92. The maximum Gasteiger partial charge on any atom is 0.221 e. The molecular weight excluding hydrogens is 226 g/mol. The first-order valence-corrected chi connectivity index (χ1v) is 5.74. The monoisotopic (exact) mass is 241 g/mol. The van der Waals surface area contributed by atoms with E-state index < -0.39 is 0 Å². The molecule has 0 aliphatic carbocycles. The summed E-state index contributed by atoms with van der Waals surface area (Å²) in [6.45, 7) is 3.54. The lowest BCUT2D eigenvalue weighted by molar-refractivity contribution is 0.101. The van der Waals surface area contributed by atoms with Gasteiger partial charge < -0.3 is 4.74 Å². The molecule has 2 aromatic rings. The van der Waals surface area contributed by atoms with Crippen molar-refractivity contribution >= 4 is 5.78 Å². The summed E-state index contributed by atoms with van der Waals surface area (Å²) in [6.07, 6.45) is 1.68. The largest absolute Gasteiger partial charge is 0.481 e. The third-order valence-electron chi connectivity index (χ3n) is 2.76. The molecular formula is C15H15NO2. The maximum atomic E-state index is 11.5. The highest BCUT2D eigenvalue weighted by Gasteiger charge is 2.09. The molecule has 0 bridgehead atoms. The van der Waals surface area contributed by atoms with Gasteiger partial charge in [-0.25, -0.2) is 4.98 Å². The number of ether oxygens (including phenoxy) is 1. The molecule has 18 heavy (non-hydrogen) atoms. The van der Waals surface area contributed by atoms with Crippen molar-refractivity contribution in [2.75, 3.05) is 7.11 Å². The summed E-state index contributed by atoms with van der Waals surface area (Å²) in [6, 6.07) is 9.56. The third-order valence-corrected chi connectivity index (χ3v) is 2.76. The van der Waals surface area contributed by atoms with Gasteiger partial charge in [-0.15, -0.1) is 0 Å². The first kappa shape index (κ1) is 12.3. The predicted octanol–water partition coefficient (Wildman–Crippen LogP) is 3.27. The first-order valence-electron chi connectivity index (χ1n) is 5.74. The molecule has 0 radical (unpaired) electrons. The molecule has 0 atom stereocenters. The molecule has 3 nitrogen and oxygen atoms in total. The van der Waals surface area contributed by atoms with E-state index >= 15 is 0 Å². The van der Waals surface area contributed by atoms with Crippen molar-refractivity contribution in [3.8, 4) is 17.0 Å². The Morgan fingerprint density at radius 3 is 2.72 bits per heavy atom. The summed E-state index contributed by atoms with van der Waals surface area (Å²) >= 11 is 0. The van der Waals surface area contributed by atoms with E-state index in [-0.39, 0.29) is 5.78 Å². The number of pyridine rings is 1. The number of ketones is 1. The van der Waals surface area contributed by atoms with E-state index in [4.69, 9.17) is 4.74 Å². The number of methoxy groups -OCH3 is 1. The van der Waals surface area contributed by atoms with E-state index in [1.54, 1.807) is 20.2 Å². The summed E-state index contributed by atoms with van der Waals surface area (Å²) in [5.74, 6) is 0.625. The summed E-state index contributed by atoms with van der Waals surface area (Å²) in [5.41, 5.74) is 3.59. The molecule has 0 amide bonds. The average Bonchev–Trinajstić information content (AvgIpc) is 2.38. The van der Waals surface area contributed by atoms with Crippen LogP contribution in [-0.4, -0.2) is 17.9 Å². The number of aryl methyl sites for hydroxylation is 1. The minimum atomic E-state index is 0.0582. The molecule has 0 saturated carbocycles. The predicted molar refractivity (Wildman–Crippen MR) is 71.0 cm³/mol. The van der Waals surface area contributed by atoms with E-state index in [1.165, 1.54) is 0 Å². The number of hydrogen-bond acceptors (Lipinski definition) is 3. The quantitative estimate of drug-likeness (QED) is 0.774. The second kappa shape index (κ2) is 5.00. The highest BCUT2D eigenvalue weighted by atomic mass is 16.5. The van der Waals surface area contributed by atoms with Crippen LogP contribution < -0.4 is 4.74 Å². The summed E-state index contributed by atoms with van der Waals surface area (Å²) in [7, 11) is 1.59. The third kappa shape index (κ3) is 2.40. The molecule has 0 unspecified atom stereocenters. The summed E-state index contributed by atoms with van der Waals surface area (Å²) in [5, 5.41) is 0. The van der Waals surface area contributed by atoms with Gasteiger partial charge in [0.15, 0.2) is 5.78 Å². The summed E-state index contributed by atoms with van der Waals surface area (Å²) < 4.78 is 5.24. The number of rotatable bonds is 3. The van der Waals surface area contributed by atoms with Gasteiger partial charge in [-0.3, -0.25) is 4.79 Å². The molecule has 0 N–H and O–H groups in total.